The third-order valence-electron chi connectivity index (χ3n) is 4.13. The van der Waals surface area contributed by atoms with Crippen LogP contribution < -0.4 is 10.6 Å². The fourth-order valence-corrected chi connectivity index (χ4v) is 2.38. The Morgan fingerprint density at radius 1 is 1.25 bits per heavy atom. The molecule has 0 atom stereocenters. The first-order chi connectivity index (χ1) is 11.5. The molecule has 0 spiro atoms. The predicted octanol–water partition coefficient (Wildman–Crippen LogP) is 0.172. The Morgan fingerprint density at radius 3 is 2.62 bits per heavy atom. The van der Waals surface area contributed by atoms with Crippen LogP contribution in [0.3, 0.4) is 0 Å². The van der Waals surface area contributed by atoms with Gasteiger partial charge in [-0.15, -0.1) is 0 Å². The molecule has 1 saturated heterocycles. The molecule has 2 amide bonds. The highest BCUT2D eigenvalue weighted by Gasteiger charge is 2.35. The molecule has 0 aromatic carbocycles. The zero-order valence-corrected chi connectivity index (χ0v) is 14.4. The van der Waals surface area contributed by atoms with Crippen LogP contribution in [0.1, 0.15) is 19.4 Å². The summed E-state index contributed by atoms with van der Waals surface area (Å²) in [4.78, 5) is 30.9. The molecule has 0 bridgehead atoms. The van der Waals surface area contributed by atoms with Crippen molar-refractivity contribution < 1.29 is 14.3 Å². The van der Waals surface area contributed by atoms with E-state index in [9.17, 15) is 9.59 Å². The predicted molar refractivity (Wildman–Crippen MR) is 90.1 cm³/mol. The van der Waals surface area contributed by atoms with Crippen molar-refractivity contribution in [1.82, 2.24) is 20.5 Å². The summed E-state index contributed by atoms with van der Waals surface area (Å²) in [5.41, 5.74) is -0.220. The number of hydrogen-bond acceptors (Lipinski definition) is 5. The maximum absolute atomic E-state index is 12.3. The van der Waals surface area contributed by atoms with Crippen LogP contribution in [0.5, 0.6) is 0 Å². The third-order valence-corrected chi connectivity index (χ3v) is 4.13. The van der Waals surface area contributed by atoms with Crippen molar-refractivity contribution >= 4 is 11.8 Å². The Kier molecular flexibility index (Phi) is 6.69. The summed E-state index contributed by atoms with van der Waals surface area (Å²) in [5, 5.41) is 5.65. The number of rotatable bonds is 7. The van der Waals surface area contributed by atoms with Gasteiger partial charge >= 0.3 is 0 Å². The van der Waals surface area contributed by atoms with Crippen LogP contribution in [-0.4, -0.2) is 61.1 Å². The number of carbonyl (C=O) groups excluding carboxylic acids is 2. The van der Waals surface area contributed by atoms with Crippen molar-refractivity contribution in [2.45, 2.75) is 20.4 Å². The highest BCUT2D eigenvalue weighted by atomic mass is 16.5. The normalized spacial score (nSPS) is 15.8. The lowest BCUT2D eigenvalue weighted by atomic mass is 9.91. The Hall–Kier alpha value is -1.99. The van der Waals surface area contributed by atoms with E-state index in [-0.39, 0.29) is 11.8 Å². The van der Waals surface area contributed by atoms with Crippen molar-refractivity contribution in [3.8, 4) is 0 Å². The average molecular weight is 334 g/mol. The van der Waals surface area contributed by atoms with Crippen molar-refractivity contribution in [2.75, 3.05) is 39.4 Å². The average Bonchev–Trinajstić information content (AvgIpc) is 2.61. The van der Waals surface area contributed by atoms with E-state index in [1.54, 1.807) is 26.2 Å². The molecule has 2 N–H and O–H groups in total. The van der Waals surface area contributed by atoms with E-state index >= 15 is 0 Å². The van der Waals surface area contributed by atoms with Gasteiger partial charge in [0.25, 0.3) is 0 Å². The first-order valence-corrected chi connectivity index (χ1v) is 8.26. The summed E-state index contributed by atoms with van der Waals surface area (Å²) in [7, 11) is 0. The van der Waals surface area contributed by atoms with Crippen LogP contribution in [0.15, 0.2) is 24.5 Å². The molecular weight excluding hydrogens is 308 g/mol. The van der Waals surface area contributed by atoms with Gasteiger partial charge in [0.2, 0.25) is 11.8 Å². The molecule has 0 aliphatic carbocycles. The molecule has 0 saturated carbocycles. The number of nitrogens with zero attached hydrogens (tertiary/aromatic N) is 2. The van der Waals surface area contributed by atoms with Gasteiger partial charge in [-0.25, -0.2) is 0 Å². The number of hydrogen-bond donors (Lipinski definition) is 2. The number of pyridine rings is 1. The summed E-state index contributed by atoms with van der Waals surface area (Å²) in [5.74, 6) is -0.560. The standard InChI is InChI=1S/C17H26N4O3/c1-17(2,16(23)20-13-14-4-3-5-18-12-14)15(22)19-6-7-21-8-10-24-11-9-21/h3-5,12H,6-11,13H2,1-2H3,(H,19,22)(H,20,23). The number of carbonyl (C=O) groups is 2. The molecule has 7 heteroatoms. The minimum Gasteiger partial charge on any atom is -0.379 e. The van der Waals surface area contributed by atoms with Gasteiger partial charge in [0.1, 0.15) is 5.41 Å². The summed E-state index contributed by atoms with van der Waals surface area (Å²) in [6, 6.07) is 3.69. The van der Waals surface area contributed by atoms with Crippen molar-refractivity contribution in [3.63, 3.8) is 0 Å². The van der Waals surface area contributed by atoms with Crippen LogP contribution in [-0.2, 0) is 20.9 Å². The lowest BCUT2D eigenvalue weighted by Gasteiger charge is -2.27. The number of aromatic nitrogens is 1. The van der Waals surface area contributed by atoms with Gasteiger partial charge in [-0.1, -0.05) is 6.07 Å². The fourth-order valence-electron chi connectivity index (χ4n) is 2.38. The van der Waals surface area contributed by atoms with Crippen LogP contribution in [0.4, 0.5) is 0 Å². The van der Waals surface area contributed by atoms with Crippen LogP contribution in [0, 0.1) is 5.41 Å². The van der Waals surface area contributed by atoms with Gasteiger partial charge < -0.3 is 15.4 Å². The van der Waals surface area contributed by atoms with Crippen molar-refractivity contribution in [3.05, 3.63) is 30.1 Å². The number of amides is 2. The van der Waals surface area contributed by atoms with Gasteiger partial charge in [-0.2, -0.15) is 0 Å². The molecule has 0 unspecified atom stereocenters. The maximum Gasteiger partial charge on any atom is 0.235 e. The van der Waals surface area contributed by atoms with E-state index in [1.165, 1.54) is 0 Å². The van der Waals surface area contributed by atoms with Gasteiger partial charge in [-0.05, 0) is 25.5 Å². The molecule has 1 fully saturated rings. The highest BCUT2D eigenvalue weighted by molar-refractivity contribution is 6.04. The van der Waals surface area contributed by atoms with Gasteiger partial charge in [0.15, 0.2) is 0 Å². The maximum atomic E-state index is 12.3. The lowest BCUT2D eigenvalue weighted by Crippen LogP contribution is -2.49. The second-order valence-electron chi connectivity index (χ2n) is 6.38. The Bertz CT molecular complexity index is 542. The van der Waals surface area contributed by atoms with E-state index in [0.717, 1.165) is 38.4 Å². The molecule has 0 radical (unpaired) electrons. The zero-order chi connectivity index (χ0) is 17.4. The van der Waals surface area contributed by atoms with E-state index in [4.69, 9.17) is 4.74 Å². The Balaban J connectivity index is 1.74. The SMILES string of the molecule is CC(C)(C(=O)NCCN1CCOCC1)C(=O)NCc1cccnc1. The molecule has 7 nitrogen and oxygen atoms in total. The molecule has 2 rings (SSSR count). The zero-order valence-electron chi connectivity index (χ0n) is 14.4. The van der Waals surface area contributed by atoms with Gasteiger partial charge in [0, 0.05) is 45.1 Å². The number of morpholine rings is 1. The highest BCUT2D eigenvalue weighted by Crippen LogP contribution is 2.15. The summed E-state index contributed by atoms with van der Waals surface area (Å²) < 4.78 is 5.29. The first kappa shape index (κ1) is 18.4. The molecule has 24 heavy (non-hydrogen) atoms. The summed E-state index contributed by atoms with van der Waals surface area (Å²) >= 11 is 0. The number of ether oxygens (including phenoxy) is 1. The van der Waals surface area contributed by atoms with E-state index in [2.05, 4.69) is 20.5 Å². The molecule has 1 aromatic rings. The molecular formula is C17H26N4O3. The van der Waals surface area contributed by atoms with Gasteiger partial charge in [-0.3, -0.25) is 19.5 Å². The smallest absolute Gasteiger partial charge is 0.235 e. The summed E-state index contributed by atoms with van der Waals surface area (Å²) in [6.07, 6.45) is 3.37. The number of nitrogens with one attached hydrogen (secondary N) is 2. The molecule has 1 aliphatic heterocycles. The van der Waals surface area contributed by atoms with Crippen LogP contribution >= 0.6 is 0 Å². The van der Waals surface area contributed by atoms with Crippen molar-refractivity contribution in [1.29, 1.82) is 0 Å². The third kappa shape index (κ3) is 5.28. The minimum absolute atomic E-state index is 0.264. The molecule has 132 valence electrons. The molecule has 1 aromatic heterocycles. The largest absolute Gasteiger partial charge is 0.379 e. The topological polar surface area (TPSA) is 83.6 Å². The van der Waals surface area contributed by atoms with Crippen LogP contribution in [0.2, 0.25) is 0 Å². The first-order valence-electron chi connectivity index (χ1n) is 8.26. The molecule has 1 aliphatic rings. The fraction of sp³-hybridized carbons (Fsp3) is 0.588. The van der Waals surface area contributed by atoms with E-state index < -0.39 is 5.41 Å². The quantitative estimate of drug-likeness (QED) is 0.695. The summed E-state index contributed by atoms with van der Waals surface area (Å²) in [6.45, 7) is 8.14. The van der Waals surface area contributed by atoms with Crippen LogP contribution in [0.25, 0.3) is 0 Å². The monoisotopic (exact) mass is 334 g/mol. The second kappa shape index (κ2) is 8.75. The van der Waals surface area contributed by atoms with Crippen molar-refractivity contribution in [2.24, 2.45) is 5.41 Å². The van der Waals surface area contributed by atoms with Gasteiger partial charge in [0.05, 0.1) is 13.2 Å². The Morgan fingerprint density at radius 2 is 1.96 bits per heavy atom. The molecule has 2 heterocycles. The van der Waals surface area contributed by atoms with E-state index in [0.29, 0.717) is 13.1 Å². The minimum atomic E-state index is -1.12. The van der Waals surface area contributed by atoms with E-state index in [1.807, 2.05) is 12.1 Å². The lowest BCUT2D eigenvalue weighted by molar-refractivity contribution is -0.141. The second-order valence-corrected chi connectivity index (χ2v) is 6.38. The Labute approximate surface area is 142 Å².